The van der Waals surface area contributed by atoms with Crippen molar-refractivity contribution in [3.63, 3.8) is 0 Å². The van der Waals surface area contributed by atoms with E-state index in [1.54, 1.807) is 6.07 Å². The van der Waals surface area contributed by atoms with Crippen molar-refractivity contribution in [2.75, 3.05) is 0 Å². The predicted molar refractivity (Wildman–Crippen MR) is 76.1 cm³/mol. The average molecular weight is 304 g/mol. The molecule has 0 amide bonds. The van der Waals surface area contributed by atoms with Crippen molar-refractivity contribution >= 4 is 34.5 Å². The maximum Gasteiger partial charge on any atom is 0.124 e. The molecule has 1 nitrogen and oxygen atoms in total. The standard InChI is InChI=1S/C13H12Cl2FNS/c1-7-6-18-13(12(7)15)11(17)4-8-2-3-9(16)5-10(8)14/h2-3,5-6,11H,4,17H2,1H3. The van der Waals surface area contributed by atoms with E-state index < -0.39 is 0 Å². The highest BCUT2D eigenvalue weighted by Gasteiger charge is 2.16. The summed E-state index contributed by atoms with van der Waals surface area (Å²) in [5.74, 6) is -0.345. The minimum absolute atomic E-state index is 0.223. The van der Waals surface area contributed by atoms with Crippen molar-refractivity contribution in [3.8, 4) is 0 Å². The van der Waals surface area contributed by atoms with Crippen LogP contribution in [0.2, 0.25) is 10.0 Å². The van der Waals surface area contributed by atoms with Gasteiger partial charge in [-0.05, 0) is 42.0 Å². The number of benzene rings is 1. The quantitative estimate of drug-likeness (QED) is 0.870. The number of rotatable bonds is 3. The highest BCUT2D eigenvalue weighted by molar-refractivity contribution is 7.10. The van der Waals surface area contributed by atoms with Gasteiger partial charge in [0.05, 0.1) is 5.02 Å². The Bertz CT molecular complexity index is 568. The minimum atomic E-state index is -0.345. The Morgan fingerprint density at radius 3 is 2.67 bits per heavy atom. The molecule has 1 aromatic carbocycles. The number of aryl methyl sites for hydroxylation is 1. The summed E-state index contributed by atoms with van der Waals surface area (Å²) in [5, 5.41) is 3.09. The second-order valence-corrected chi connectivity index (χ2v) is 5.84. The van der Waals surface area contributed by atoms with Gasteiger partial charge in [0.15, 0.2) is 0 Å². The first-order valence-electron chi connectivity index (χ1n) is 5.42. The van der Waals surface area contributed by atoms with Crippen LogP contribution in [0.25, 0.3) is 0 Å². The van der Waals surface area contributed by atoms with E-state index in [1.165, 1.54) is 23.5 Å². The summed E-state index contributed by atoms with van der Waals surface area (Å²) in [6.07, 6.45) is 0.540. The number of thiophene rings is 1. The Hall–Kier alpha value is -0.610. The molecule has 0 fully saturated rings. The fraction of sp³-hybridized carbons (Fsp3) is 0.231. The minimum Gasteiger partial charge on any atom is -0.323 e. The lowest BCUT2D eigenvalue weighted by Crippen LogP contribution is -2.12. The highest BCUT2D eigenvalue weighted by atomic mass is 35.5. The third kappa shape index (κ3) is 2.86. The van der Waals surface area contributed by atoms with E-state index >= 15 is 0 Å². The van der Waals surface area contributed by atoms with E-state index in [0.717, 1.165) is 16.0 Å². The second kappa shape index (κ2) is 5.57. The summed E-state index contributed by atoms with van der Waals surface area (Å²) in [4.78, 5) is 0.939. The van der Waals surface area contributed by atoms with Gasteiger partial charge in [-0.25, -0.2) is 4.39 Å². The van der Waals surface area contributed by atoms with Crippen LogP contribution in [0.4, 0.5) is 4.39 Å². The first-order valence-corrected chi connectivity index (χ1v) is 7.05. The van der Waals surface area contributed by atoms with Crippen molar-refractivity contribution in [2.45, 2.75) is 19.4 Å². The largest absolute Gasteiger partial charge is 0.323 e. The first-order chi connectivity index (χ1) is 8.49. The van der Waals surface area contributed by atoms with Crippen LogP contribution in [0.1, 0.15) is 22.0 Å². The summed E-state index contributed by atoms with van der Waals surface area (Å²) >= 11 is 13.7. The molecule has 1 aromatic heterocycles. The summed E-state index contributed by atoms with van der Waals surface area (Å²) in [6.45, 7) is 1.94. The van der Waals surface area contributed by atoms with Crippen LogP contribution in [0.15, 0.2) is 23.6 Å². The highest BCUT2D eigenvalue weighted by Crippen LogP contribution is 2.33. The van der Waals surface area contributed by atoms with Crippen molar-refractivity contribution < 1.29 is 4.39 Å². The van der Waals surface area contributed by atoms with E-state index in [0.29, 0.717) is 16.5 Å². The number of hydrogen-bond donors (Lipinski definition) is 1. The van der Waals surface area contributed by atoms with Crippen molar-refractivity contribution in [3.05, 3.63) is 55.4 Å². The molecule has 18 heavy (non-hydrogen) atoms. The van der Waals surface area contributed by atoms with Gasteiger partial charge in [0.1, 0.15) is 5.82 Å². The van der Waals surface area contributed by atoms with E-state index in [2.05, 4.69) is 0 Å². The van der Waals surface area contributed by atoms with Gasteiger partial charge >= 0.3 is 0 Å². The van der Waals surface area contributed by atoms with Crippen LogP contribution in [0, 0.1) is 12.7 Å². The van der Waals surface area contributed by atoms with E-state index in [-0.39, 0.29) is 11.9 Å². The van der Waals surface area contributed by atoms with Gasteiger partial charge in [-0.15, -0.1) is 11.3 Å². The Kier molecular flexibility index (Phi) is 4.28. The van der Waals surface area contributed by atoms with Gasteiger partial charge in [0.25, 0.3) is 0 Å². The van der Waals surface area contributed by atoms with E-state index in [4.69, 9.17) is 28.9 Å². The normalized spacial score (nSPS) is 12.7. The zero-order valence-corrected chi connectivity index (χ0v) is 12.0. The molecule has 0 aliphatic carbocycles. The Labute approximate surface area is 119 Å². The van der Waals surface area contributed by atoms with Gasteiger partial charge in [-0.2, -0.15) is 0 Å². The SMILES string of the molecule is Cc1csc(C(N)Cc2ccc(F)cc2Cl)c1Cl. The third-order valence-electron chi connectivity index (χ3n) is 2.72. The maximum absolute atomic E-state index is 12.9. The van der Waals surface area contributed by atoms with Gasteiger partial charge < -0.3 is 5.73 Å². The van der Waals surface area contributed by atoms with Crippen molar-refractivity contribution in [2.24, 2.45) is 5.73 Å². The zero-order chi connectivity index (χ0) is 13.3. The molecule has 1 unspecified atom stereocenters. The molecule has 0 saturated carbocycles. The molecule has 96 valence electrons. The molecular weight excluding hydrogens is 292 g/mol. The summed E-state index contributed by atoms with van der Waals surface area (Å²) < 4.78 is 12.9. The van der Waals surface area contributed by atoms with Crippen LogP contribution in [0.3, 0.4) is 0 Å². The van der Waals surface area contributed by atoms with Crippen molar-refractivity contribution in [1.82, 2.24) is 0 Å². The predicted octanol–water partition coefficient (Wildman–Crippen LogP) is 4.74. The molecule has 0 radical (unpaired) electrons. The van der Waals surface area contributed by atoms with Gasteiger partial charge in [-0.3, -0.25) is 0 Å². The molecule has 0 aliphatic rings. The summed E-state index contributed by atoms with van der Waals surface area (Å²) in [6, 6.07) is 4.12. The maximum atomic E-state index is 12.9. The van der Waals surface area contributed by atoms with Gasteiger partial charge in [0, 0.05) is 15.9 Å². The lowest BCUT2D eigenvalue weighted by Gasteiger charge is -2.12. The molecule has 1 heterocycles. The molecule has 2 aromatic rings. The lowest BCUT2D eigenvalue weighted by atomic mass is 10.0. The van der Waals surface area contributed by atoms with Crippen LogP contribution < -0.4 is 5.73 Å². The van der Waals surface area contributed by atoms with Crippen molar-refractivity contribution in [1.29, 1.82) is 0 Å². The summed E-state index contributed by atoms with van der Waals surface area (Å²) in [5.41, 5.74) is 7.97. The fourth-order valence-corrected chi connectivity index (χ4v) is 3.30. The summed E-state index contributed by atoms with van der Waals surface area (Å²) in [7, 11) is 0. The van der Waals surface area contributed by atoms with Crippen LogP contribution >= 0.6 is 34.5 Å². The smallest absolute Gasteiger partial charge is 0.124 e. The van der Waals surface area contributed by atoms with E-state index in [9.17, 15) is 4.39 Å². The Morgan fingerprint density at radius 2 is 2.11 bits per heavy atom. The number of hydrogen-bond acceptors (Lipinski definition) is 2. The molecule has 2 rings (SSSR count). The molecular formula is C13H12Cl2FNS. The molecule has 0 aliphatic heterocycles. The fourth-order valence-electron chi connectivity index (χ4n) is 1.72. The lowest BCUT2D eigenvalue weighted by molar-refractivity contribution is 0.626. The number of halogens is 3. The molecule has 1 atom stereocenters. The number of nitrogens with two attached hydrogens (primary N) is 1. The second-order valence-electron chi connectivity index (χ2n) is 4.14. The topological polar surface area (TPSA) is 26.0 Å². The average Bonchev–Trinajstić information content (AvgIpc) is 2.64. The molecule has 0 saturated heterocycles. The first kappa shape index (κ1) is 13.8. The third-order valence-corrected chi connectivity index (χ3v) is 4.91. The van der Waals surface area contributed by atoms with Gasteiger partial charge in [0.2, 0.25) is 0 Å². The van der Waals surface area contributed by atoms with Crippen LogP contribution in [-0.2, 0) is 6.42 Å². The molecule has 0 bridgehead atoms. The van der Waals surface area contributed by atoms with Crippen LogP contribution in [0.5, 0.6) is 0 Å². The van der Waals surface area contributed by atoms with Crippen LogP contribution in [-0.4, -0.2) is 0 Å². The van der Waals surface area contributed by atoms with E-state index in [1.807, 2.05) is 12.3 Å². The molecule has 0 spiro atoms. The monoisotopic (exact) mass is 303 g/mol. The Balaban J connectivity index is 2.21. The molecule has 5 heteroatoms. The Morgan fingerprint density at radius 1 is 1.39 bits per heavy atom. The van der Waals surface area contributed by atoms with Gasteiger partial charge in [-0.1, -0.05) is 29.3 Å². The zero-order valence-electron chi connectivity index (χ0n) is 9.71. The molecule has 2 N–H and O–H groups in total.